The SMILES string of the molecule is COc1nc(-c2cccnc2N(C)C)nn1C. The Bertz CT molecular complexity index is 520. The van der Waals surface area contributed by atoms with Gasteiger partial charge in [0.05, 0.1) is 12.7 Å². The fourth-order valence-electron chi connectivity index (χ4n) is 1.59. The quantitative estimate of drug-likeness (QED) is 0.790. The number of nitrogens with zero attached hydrogens (tertiary/aromatic N) is 5. The van der Waals surface area contributed by atoms with Crippen LogP contribution < -0.4 is 9.64 Å². The summed E-state index contributed by atoms with van der Waals surface area (Å²) in [5.74, 6) is 1.45. The highest BCUT2D eigenvalue weighted by Crippen LogP contribution is 2.25. The molecule has 0 saturated carbocycles. The molecule has 0 bridgehead atoms. The van der Waals surface area contributed by atoms with E-state index in [1.807, 2.05) is 31.1 Å². The first-order valence-corrected chi connectivity index (χ1v) is 5.21. The van der Waals surface area contributed by atoms with Crippen LogP contribution in [0.4, 0.5) is 5.82 Å². The molecule has 0 aliphatic heterocycles. The molecule has 0 amide bonds. The van der Waals surface area contributed by atoms with Crippen molar-refractivity contribution in [2.75, 3.05) is 26.1 Å². The zero-order valence-corrected chi connectivity index (χ0v) is 10.4. The minimum Gasteiger partial charge on any atom is -0.467 e. The van der Waals surface area contributed by atoms with Crippen molar-refractivity contribution in [1.82, 2.24) is 19.7 Å². The predicted molar refractivity (Wildman–Crippen MR) is 65.1 cm³/mol. The summed E-state index contributed by atoms with van der Waals surface area (Å²) in [6, 6.07) is 4.29. The highest BCUT2D eigenvalue weighted by molar-refractivity contribution is 5.70. The summed E-state index contributed by atoms with van der Waals surface area (Å²) in [7, 11) is 7.24. The first kappa shape index (κ1) is 11.4. The molecule has 2 heterocycles. The van der Waals surface area contributed by atoms with Crippen molar-refractivity contribution < 1.29 is 4.74 Å². The molecular formula is C11H15N5O. The van der Waals surface area contributed by atoms with Crippen LogP contribution in [-0.4, -0.2) is 41.0 Å². The molecule has 0 N–H and O–H groups in total. The molecule has 0 aliphatic carbocycles. The summed E-state index contributed by atoms with van der Waals surface area (Å²) >= 11 is 0. The minimum atomic E-state index is 0.480. The molecule has 2 aromatic rings. The van der Waals surface area contributed by atoms with Crippen molar-refractivity contribution in [2.45, 2.75) is 0 Å². The van der Waals surface area contributed by atoms with Crippen LogP contribution in [0.2, 0.25) is 0 Å². The lowest BCUT2D eigenvalue weighted by atomic mass is 10.2. The fraction of sp³-hybridized carbons (Fsp3) is 0.364. The zero-order chi connectivity index (χ0) is 12.4. The lowest BCUT2D eigenvalue weighted by Crippen LogP contribution is -2.12. The Hall–Kier alpha value is -2.11. The second kappa shape index (κ2) is 4.40. The van der Waals surface area contributed by atoms with Crippen molar-refractivity contribution >= 4 is 5.82 Å². The van der Waals surface area contributed by atoms with Crippen LogP contribution in [0.15, 0.2) is 18.3 Å². The molecule has 0 aliphatic rings. The Labute approximate surface area is 99.9 Å². The number of rotatable bonds is 3. The Morgan fingerprint density at radius 2 is 2.12 bits per heavy atom. The summed E-state index contributed by atoms with van der Waals surface area (Å²) in [4.78, 5) is 10.5. The summed E-state index contributed by atoms with van der Waals surface area (Å²) in [5, 5.41) is 4.31. The van der Waals surface area contributed by atoms with Crippen molar-refractivity contribution in [3.05, 3.63) is 18.3 Å². The molecule has 0 fully saturated rings. The number of hydrogen-bond acceptors (Lipinski definition) is 5. The van der Waals surface area contributed by atoms with Crippen molar-refractivity contribution in [1.29, 1.82) is 0 Å². The maximum absolute atomic E-state index is 5.10. The standard InChI is InChI=1S/C11H15N5O/c1-15(2)10-8(6-5-7-12-10)9-13-11(17-4)16(3)14-9/h5-7H,1-4H3. The molecule has 17 heavy (non-hydrogen) atoms. The van der Waals surface area contributed by atoms with Gasteiger partial charge in [-0.05, 0) is 12.1 Å². The van der Waals surface area contributed by atoms with Gasteiger partial charge in [-0.15, -0.1) is 5.10 Å². The van der Waals surface area contributed by atoms with Gasteiger partial charge in [-0.1, -0.05) is 0 Å². The molecule has 90 valence electrons. The maximum atomic E-state index is 5.10. The fourth-order valence-corrected chi connectivity index (χ4v) is 1.59. The normalized spacial score (nSPS) is 10.4. The van der Waals surface area contributed by atoms with Crippen LogP contribution in [0.1, 0.15) is 0 Å². The Morgan fingerprint density at radius 1 is 1.35 bits per heavy atom. The number of pyridine rings is 1. The van der Waals surface area contributed by atoms with E-state index in [9.17, 15) is 0 Å². The first-order valence-electron chi connectivity index (χ1n) is 5.21. The third-order valence-electron chi connectivity index (χ3n) is 2.36. The number of ether oxygens (including phenoxy) is 1. The molecule has 0 spiro atoms. The summed E-state index contributed by atoms with van der Waals surface area (Å²) < 4.78 is 6.70. The van der Waals surface area contributed by atoms with E-state index < -0.39 is 0 Å². The van der Waals surface area contributed by atoms with E-state index >= 15 is 0 Å². The van der Waals surface area contributed by atoms with Gasteiger partial charge in [0, 0.05) is 27.3 Å². The highest BCUT2D eigenvalue weighted by Gasteiger charge is 2.14. The van der Waals surface area contributed by atoms with Crippen LogP contribution in [-0.2, 0) is 7.05 Å². The molecule has 0 unspecified atom stereocenters. The van der Waals surface area contributed by atoms with Crippen LogP contribution in [0.25, 0.3) is 11.4 Å². The monoisotopic (exact) mass is 233 g/mol. The summed E-state index contributed by atoms with van der Waals surface area (Å²) in [5.41, 5.74) is 0.886. The lowest BCUT2D eigenvalue weighted by molar-refractivity contribution is 0.359. The van der Waals surface area contributed by atoms with Gasteiger partial charge in [-0.2, -0.15) is 4.98 Å². The average molecular weight is 233 g/mol. The van der Waals surface area contributed by atoms with Gasteiger partial charge in [0.2, 0.25) is 0 Å². The molecular weight excluding hydrogens is 218 g/mol. The van der Waals surface area contributed by atoms with E-state index in [1.54, 1.807) is 25.0 Å². The average Bonchev–Trinajstić information content (AvgIpc) is 2.70. The van der Waals surface area contributed by atoms with Gasteiger partial charge in [-0.25, -0.2) is 9.67 Å². The number of aromatic nitrogens is 4. The van der Waals surface area contributed by atoms with Crippen molar-refractivity contribution in [3.63, 3.8) is 0 Å². The minimum absolute atomic E-state index is 0.480. The van der Waals surface area contributed by atoms with E-state index in [1.165, 1.54) is 0 Å². The van der Waals surface area contributed by atoms with Crippen LogP contribution in [0.3, 0.4) is 0 Å². The number of methoxy groups -OCH3 is 1. The van der Waals surface area contributed by atoms with Crippen molar-refractivity contribution in [3.8, 4) is 17.4 Å². The lowest BCUT2D eigenvalue weighted by Gasteiger charge is -2.13. The largest absolute Gasteiger partial charge is 0.467 e. The highest BCUT2D eigenvalue weighted by atomic mass is 16.5. The Morgan fingerprint density at radius 3 is 2.71 bits per heavy atom. The van der Waals surface area contributed by atoms with Crippen molar-refractivity contribution in [2.24, 2.45) is 7.05 Å². The molecule has 0 saturated heterocycles. The molecule has 0 radical (unpaired) electrons. The van der Waals surface area contributed by atoms with E-state index in [0.29, 0.717) is 11.8 Å². The number of anilines is 1. The Balaban J connectivity index is 2.52. The molecule has 6 nitrogen and oxygen atoms in total. The third kappa shape index (κ3) is 2.06. The van der Waals surface area contributed by atoms with Crippen LogP contribution >= 0.6 is 0 Å². The third-order valence-corrected chi connectivity index (χ3v) is 2.36. The number of hydrogen-bond donors (Lipinski definition) is 0. The zero-order valence-electron chi connectivity index (χ0n) is 10.4. The van der Waals surface area contributed by atoms with Crippen LogP contribution in [0, 0.1) is 0 Å². The first-order chi connectivity index (χ1) is 8.13. The molecule has 0 atom stereocenters. The number of aryl methyl sites for hydroxylation is 1. The van der Waals surface area contributed by atoms with Gasteiger partial charge in [0.1, 0.15) is 5.82 Å². The van der Waals surface area contributed by atoms with Gasteiger partial charge < -0.3 is 9.64 Å². The molecule has 2 aromatic heterocycles. The second-order valence-corrected chi connectivity index (χ2v) is 3.81. The van der Waals surface area contributed by atoms with Crippen LogP contribution in [0.5, 0.6) is 6.01 Å². The summed E-state index contributed by atoms with van der Waals surface area (Å²) in [6.45, 7) is 0. The van der Waals surface area contributed by atoms with Gasteiger partial charge in [-0.3, -0.25) is 0 Å². The second-order valence-electron chi connectivity index (χ2n) is 3.81. The van der Waals surface area contributed by atoms with Gasteiger partial charge in [0.25, 0.3) is 0 Å². The maximum Gasteiger partial charge on any atom is 0.314 e. The summed E-state index contributed by atoms with van der Waals surface area (Å²) in [6.07, 6.45) is 1.75. The van der Waals surface area contributed by atoms with E-state index in [0.717, 1.165) is 11.4 Å². The Kier molecular flexibility index (Phi) is 2.95. The smallest absolute Gasteiger partial charge is 0.314 e. The molecule has 2 rings (SSSR count). The van der Waals surface area contributed by atoms with E-state index in [4.69, 9.17) is 4.74 Å². The molecule has 0 aromatic carbocycles. The van der Waals surface area contributed by atoms with Gasteiger partial charge in [0.15, 0.2) is 5.82 Å². The van der Waals surface area contributed by atoms with E-state index in [-0.39, 0.29) is 0 Å². The topological polar surface area (TPSA) is 56.1 Å². The van der Waals surface area contributed by atoms with E-state index in [2.05, 4.69) is 15.1 Å². The molecule has 6 heteroatoms. The predicted octanol–water partition coefficient (Wildman–Crippen LogP) is 0.952. The van der Waals surface area contributed by atoms with Gasteiger partial charge >= 0.3 is 6.01 Å².